The Morgan fingerprint density at radius 3 is 2.27 bits per heavy atom. The Bertz CT molecular complexity index is 954. The molecule has 1 aliphatic heterocycles. The molecule has 12 heteroatoms. The molecule has 0 aromatic heterocycles. The van der Waals surface area contributed by atoms with Crippen LogP contribution in [0.2, 0.25) is 0 Å². The number of nitrogens with one attached hydrogen (secondary N) is 4. The second kappa shape index (κ2) is 14.3. The standard InChI is InChI=1S/C25H37N5O7/c1-15(2)21-25(36)27-18(12-17-8-6-5-7-9-17)23(34)29-22(16(3)31)24(35)26-10-11-30(13-19(32)28-21)20(33)14-37-4/h5-9,15-16,18,21-22,31H,10-14H2,1-4H3,(H,26,35)(H,27,36)(H,28,32)(H,29,34)/t16-,18+,21-,22+/m1/s1. The lowest BCUT2D eigenvalue weighted by Gasteiger charge is -2.27. The summed E-state index contributed by atoms with van der Waals surface area (Å²) in [7, 11) is 1.34. The molecule has 1 saturated heterocycles. The molecule has 12 nitrogen and oxygen atoms in total. The van der Waals surface area contributed by atoms with Gasteiger partial charge in [0.05, 0.1) is 12.6 Å². The Kier molecular flexibility index (Phi) is 11.5. The van der Waals surface area contributed by atoms with Crippen molar-refractivity contribution in [2.75, 3.05) is 33.4 Å². The molecule has 1 aromatic rings. The molecule has 1 aliphatic rings. The van der Waals surface area contributed by atoms with Crippen molar-refractivity contribution in [2.24, 2.45) is 5.92 Å². The quantitative estimate of drug-likeness (QED) is 0.299. The maximum absolute atomic E-state index is 13.2. The minimum atomic E-state index is -1.31. The first-order chi connectivity index (χ1) is 17.5. The number of aliphatic hydroxyl groups excluding tert-OH is 1. The summed E-state index contributed by atoms with van der Waals surface area (Å²) < 4.78 is 4.88. The van der Waals surface area contributed by atoms with Crippen molar-refractivity contribution in [3.8, 4) is 0 Å². The number of rotatable bonds is 6. The molecule has 204 valence electrons. The van der Waals surface area contributed by atoms with Gasteiger partial charge in [-0.15, -0.1) is 0 Å². The molecule has 0 bridgehead atoms. The van der Waals surface area contributed by atoms with Crippen LogP contribution in [-0.4, -0.2) is 97.1 Å². The summed E-state index contributed by atoms with van der Waals surface area (Å²) in [5.41, 5.74) is 0.761. The van der Waals surface area contributed by atoms with E-state index in [-0.39, 0.29) is 38.6 Å². The predicted molar refractivity (Wildman–Crippen MR) is 134 cm³/mol. The first-order valence-corrected chi connectivity index (χ1v) is 12.2. The minimum Gasteiger partial charge on any atom is -0.391 e. The molecule has 0 unspecified atom stereocenters. The summed E-state index contributed by atoms with van der Waals surface area (Å²) in [6.07, 6.45) is -1.13. The molecule has 0 saturated carbocycles. The van der Waals surface area contributed by atoms with Crippen LogP contribution in [0.25, 0.3) is 0 Å². The van der Waals surface area contributed by atoms with Gasteiger partial charge in [0.1, 0.15) is 24.7 Å². The van der Waals surface area contributed by atoms with E-state index in [4.69, 9.17) is 4.74 Å². The molecule has 0 aliphatic carbocycles. The highest BCUT2D eigenvalue weighted by Crippen LogP contribution is 2.08. The third kappa shape index (κ3) is 9.14. The van der Waals surface area contributed by atoms with E-state index in [9.17, 15) is 29.1 Å². The number of hydrogen-bond donors (Lipinski definition) is 5. The third-order valence-electron chi connectivity index (χ3n) is 5.88. The van der Waals surface area contributed by atoms with Gasteiger partial charge in [0, 0.05) is 26.6 Å². The number of hydrogen-bond acceptors (Lipinski definition) is 7. The van der Waals surface area contributed by atoms with Crippen molar-refractivity contribution in [1.29, 1.82) is 0 Å². The van der Waals surface area contributed by atoms with Gasteiger partial charge >= 0.3 is 0 Å². The first kappa shape index (κ1) is 29.7. The van der Waals surface area contributed by atoms with Crippen LogP contribution in [-0.2, 0) is 35.1 Å². The van der Waals surface area contributed by atoms with Crippen LogP contribution >= 0.6 is 0 Å². The molecule has 0 radical (unpaired) electrons. The van der Waals surface area contributed by atoms with Crippen molar-refractivity contribution in [3.63, 3.8) is 0 Å². The van der Waals surface area contributed by atoms with Crippen LogP contribution in [0.1, 0.15) is 26.3 Å². The second-order valence-electron chi connectivity index (χ2n) is 9.31. The monoisotopic (exact) mass is 519 g/mol. The molecular weight excluding hydrogens is 482 g/mol. The van der Waals surface area contributed by atoms with Crippen molar-refractivity contribution in [2.45, 2.75) is 51.4 Å². The summed E-state index contributed by atoms with van der Waals surface area (Å²) in [4.78, 5) is 65.8. The minimum absolute atomic E-state index is 0.0308. The normalized spacial score (nSPS) is 23.2. The molecule has 1 fully saturated rings. The summed E-state index contributed by atoms with van der Waals surface area (Å²) in [6, 6.07) is 5.60. The number of carbonyl (C=O) groups excluding carboxylic acids is 5. The smallest absolute Gasteiger partial charge is 0.249 e. The maximum Gasteiger partial charge on any atom is 0.249 e. The van der Waals surface area contributed by atoms with Gasteiger partial charge in [0.25, 0.3) is 0 Å². The zero-order valence-corrected chi connectivity index (χ0v) is 21.7. The zero-order valence-electron chi connectivity index (χ0n) is 21.7. The average molecular weight is 520 g/mol. The lowest BCUT2D eigenvalue weighted by atomic mass is 10.0. The van der Waals surface area contributed by atoms with Gasteiger partial charge in [-0.3, -0.25) is 24.0 Å². The predicted octanol–water partition coefficient (Wildman–Crippen LogP) is -1.67. The fraction of sp³-hybridized carbons (Fsp3) is 0.560. The van der Waals surface area contributed by atoms with E-state index in [0.717, 1.165) is 5.56 Å². The van der Waals surface area contributed by atoms with Gasteiger partial charge in [-0.25, -0.2) is 0 Å². The molecule has 5 N–H and O–H groups in total. The SMILES string of the molecule is COCC(=O)N1CCNC(=O)[C@H]([C@@H](C)O)NC(=O)[C@H](Cc2ccccc2)NC(=O)[C@@H](C(C)C)NC(=O)C1. The molecule has 4 atom stereocenters. The van der Waals surface area contributed by atoms with E-state index in [1.165, 1.54) is 18.9 Å². The summed E-state index contributed by atoms with van der Waals surface area (Å²) >= 11 is 0. The van der Waals surface area contributed by atoms with E-state index in [0.29, 0.717) is 0 Å². The number of aliphatic hydroxyl groups is 1. The lowest BCUT2D eigenvalue weighted by Crippen LogP contribution is -2.60. The van der Waals surface area contributed by atoms with Crippen molar-refractivity contribution in [1.82, 2.24) is 26.2 Å². The molecular formula is C25H37N5O7. The largest absolute Gasteiger partial charge is 0.391 e. The molecule has 2 rings (SSSR count). The molecule has 0 spiro atoms. The number of benzene rings is 1. The van der Waals surface area contributed by atoms with E-state index < -0.39 is 53.8 Å². The summed E-state index contributed by atoms with van der Waals surface area (Å²) in [5, 5.41) is 20.7. The Labute approximate surface area is 216 Å². The number of methoxy groups -OCH3 is 1. The molecule has 37 heavy (non-hydrogen) atoms. The second-order valence-corrected chi connectivity index (χ2v) is 9.31. The Morgan fingerprint density at radius 1 is 1.00 bits per heavy atom. The highest BCUT2D eigenvalue weighted by molar-refractivity contribution is 5.95. The van der Waals surface area contributed by atoms with Gasteiger partial charge < -0.3 is 36.0 Å². The van der Waals surface area contributed by atoms with E-state index in [1.54, 1.807) is 38.1 Å². The van der Waals surface area contributed by atoms with Crippen molar-refractivity contribution < 1.29 is 33.8 Å². The van der Waals surface area contributed by atoms with Crippen LogP contribution in [0.5, 0.6) is 0 Å². The number of ether oxygens (including phenoxy) is 1. The van der Waals surface area contributed by atoms with Crippen LogP contribution in [0.15, 0.2) is 30.3 Å². The molecule has 5 amide bonds. The molecule has 1 aromatic carbocycles. The van der Waals surface area contributed by atoms with Crippen molar-refractivity contribution >= 4 is 29.5 Å². The highest BCUT2D eigenvalue weighted by atomic mass is 16.5. The van der Waals surface area contributed by atoms with Crippen LogP contribution in [0.3, 0.4) is 0 Å². The lowest BCUT2D eigenvalue weighted by molar-refractivity contribution is -0.140. The number of amides is 5. The van der Waals surface area contributed by atoms with E-state index in [1.807, 2.05) is 6.07 Å². The van der Waals surface area contributed by atoms with Crippen molar-refractivity contribution in [3.05, 3.63) is 35.9 Å². The first-order valence-electron chi connectivity index (χ1n) is 12.2. The topological polar surface area (TPSA) is 166 Å². The zero-order chi connectivity index (χ0) is 27.5. The van der Waals surface area contributed by atoms with Gasteiger partial charge in [-0.1, -0.05) is 44.2 Å². The van der Waals surface area contributed by atoms with Gasteiger partial charge in [-0.05, 0) is 18.4 Å². The number of carbonyl (C=O) groups is 5. The fourth-order valence-electron chi connectivity index (χ4n) is 3.84. The third-order valence-corrected chi connectivity index (χ3v) is 5.88. The van der Waals surface area contributed by atoms with E-state index in [2.05, 4.69) is 21.3 Å². The van der Waals surface area contributed by atoms with Gasteiger partial charge in [-0.2, -0.15) is 0 Å². The highest BCUT2D eigenvalue weighted by Gasteiger charge is 2.33. The van der Waals surface area contributed by atoms with Gasteiger partial charge in [0.2, 0.25) is 29.5 Å². The van der Waals surface area contributed by atoms with Crippen LogP contribution in [0.4, 0.5) is 0 Å². The maximum atomic E-state index is 13.2. The Balaban J connectivity index is 2.40. The van der Waals surface area contributed by atoms with E-state index >= 15 is 0 Å². The van der Waals surface area contributed by atoms with Gasteiger partial charge in [0.15, 0.2) is 0 Å². The Morgan fingerprint density at radius 2 is 1.68 bits per heavy atom. The Hall–Kier alpha value is -3.51. The summed E-state index contributed by atoms with van der Waals surface area (Å²) in [5.74, 6) is -3.33. The molecule has 1 heterocycles. The average Bonchev–Trinajstić information content (AvgIpc) is 2.84. The fourth-order valence-corrected chi connectivity index (χ4v) is 3.84. The van der Waals surface area contributed by atoms with Crippen LogP contribution in [0, 0.1) is 5.92 Å². The van der Waals surface area contributed by atoms with Crippen LogP contribution < -0.4 is 21.3 Å². The number of nitrogens with zero attached hydrogens (tertiary/aromatic N) is 1. The summed E-state index contributed by atoms with van der Waals surface area (Å²) in [6.45, 7) is 4.13.